The van der Waals surface area contributed by atoms with E-state index in [9.17, 15) is 4.55 Å². The highest BCUT2D eigenvalue weighted by atomic mass is 32.2. The summed E-state index contributed by atoms with van der Waals surface area (Å²) in [5.41, 5.74) is 2.27. The molecule has 0 aromatic heterocycles. The Hall–Kier alpha value is -1.79. The number of rotatable bonds is 9. The van der Waals surface area contributed by atoms with Crippen molar-refractivity contribution in [2.24, 2.45) is 0 Å². The van der Waals surface area contributed by atoms with Crippen LogP contribution in [0, 0.1) is 0 Å². The topological polar surface area (TPSA) is 44.8 Å². The molecule has 0 N–H and O–H groups in total. The molecule has 1 unspecified atom stereocenters. The van der Waals surface area contributed by atoms with E-state index in [1.807, 2.05) is 63.2 Å². The Kier molecular flexibility index (Phi) is 8.40. The van der Waals surface area contributed by atoms with Gasteiger partial charge in [-0.2, -0.15) is 0 Å². The number of ether oxygens (including phenoxy) is 2. The van der Waals surface area contributed by atoms with Crippen molar-refractivity contribution in [3.8, 4) is 0 Å². The van der Waals surface area contributed by atoms with Crippen molar-refractivity contribution in [3.63, 3.8) is 0 Å². The van der Waals surface area contributed by atoms with Gasteiger partial charge in [-0.15, -0.1) is 4.31 Å². The largest absolute Gasteiger partial charge is 0.597 e. The molecule has 0 aliphatic carbocycles. The molecule has 1 aliphatic heterocycles. The molecule has 1 heterocycles. The first-order valence-electron chi connectivity index (χ1n) is 10.6. The SMILES string of the molecule is CC(C)(C)[S@+]([O-])N(Cc1ccccc1)[C@@H](COCc1ccccc1)C1CCC=CO1. The molecule has 4 nitrogen and oxygen atoms in total. The number of nitrogens with zero attached hydrogens (tertiary/aromatic N) is 1. The van der Waals surface area contributed by atoms with Crippen molar-refractivity contribution < 1.29 is 14.0 Å². The average Bonchev–Trinajstić information content (AvgIpc) is 2.76. The molecule has 3 rings (SSSR count). The van der Waals surface area contributed by atoms with Crippen molar-refractivity contribution in [3.05, 3.63) is 84.1 Å². The second kappa shape index (κ2) is 11.0. The zero-order valence-electron chi connectivity index (χ0n) is 18.2. The molecule has 0 saturated heterocycles. The van der Waals surface area contributed by atoms with Crippen LogP contribution in [-0.2, 0) is 34.0 Å². The van der Waals surface area contributed by atoms with E-state index in [0.717, 1.165) is 24.0 Å². The third-order valence-electron chi connectivity index (χ3n) is 5.08. The molecule has 0 bridgehead atoms. The zero-order chi connectivity index (χ0) is 21.4. The predicted molar refractivity (Wildman–Crippen MR) is 123 cm³/mol. The van der Waals surface area contributed by atoms with Gasteiger partial charge < -0.3 is 14.0 Å². The molecule has 2 aromatic carbocycles. The maximum atomic E-state index is 13.6. The van der Waals surface area contributed by atoms with Crippen LogP contribution in [-0.4, -0.2) is 32.4 Å². The molecule has 0 fully saturated rings. The maximum absolute atomic E-state index is 13.6. The van der Waals surface area contributed by atoms with Gasteiger partial charge in [0.25, 0.3) is 0 Å². The van der Waals surface area contributed by atoms with E-state index in [2.05, 4.69) is 28.6 Å². The summed E-state index contributed by atoms with van der Waals surface area (Å²) in [5.74, 6) is 0. The predicted octanol–water partition coefficient (Wildman–Crippen LogP) is 5.23. The molecule has 162 valence electrons. The average molecular weight is 428 g/mol. The van der Waals surface area contributed by atoms with Crippen LogP contribution >= 0.6 is 0 Å². The Balaban J connectivity index is 1.81. The monoisotopic (exact) mass is 427 g/mol. The van der Waals surface area contributed by atoms with Crippen LogP contribution in [0.15, 0.2) is 73.0 Å². The van der Waals surface area contributed by atoms with Gasteiger partial charge in [0.2, 0.25) is 0 Å². The number of benzene rings is 2. The summed E-state index contributed by atoms with van der Waals surface area (Å²) < 4.78 is 27.4. The van der Waals surface area contributed by atoms with Crippen LogP contribution < -0.4 is 0 Å². The minimum atomic E-state index is -1.21. The summed E-state index contributed by atoms with van der Waals surface area (Å²) in [7, 11) is 0. The minimum Gasteiger partial charge on any atom is -0.597 e. The summed E-state index contributed by atoms with van der Waals surface area (Å²) in [6.45, 7) is 7.64. The van der Waals surface area contributed by atoms with Gasteiger partial charge in [-0.05, 0) is 50.8 Å². The first kappa shape index (κ1) is 22.9. The maximum Gasteiger partial charge on any atom is 0.137 e. The normalized spacial score (nSPS) is 18.8. The standard InChI is InChI=1S/C25H33NO3S/c1-25(2,3)30(27)26(18-21-12-6-4-7-13-21)23(24-16-10-11-17-29-24)20-28-19-22-14-8-5-9-15-22/h4-9,11-15,17,23-24H,10,16,18-20H2,1-3H3/t23-,24?,30-/m0/s1. The Bertz CT molecular complexity index is 776. The van der Waals surface area contributed by atoms with Gasteiger partial charge in [0.15, 0.2) is 0 Å². The van der Waals surface area contributed by atoms with Crippen LogP contribution in [0.5, 0.6) is 0 Å². The zero-order valence-corrected chi connectivity index (χ0v) is 19.0. The molecule has 0 spiro atoms. The smallest absolute Gasteiger partial charge is 0.137 e. The van der Waals surface area contributed by atoms with E-state index < -0.39 is 11.4 Å². The molecule has 3 atom stereocenters. The molecule has 2 aromatic rings. The fourth-order valence-corrected chi connectivity index (χ4v) is 4.91. The van der Waals surface area contributed by atoms with Gasteiger partial charge in [0.05, 0.1) is 26.0 Å². The molecule has 30 heavy (non-hydrogen) atoms. The molecular formula is C25H33NO3S. The van der Waals surface area contributed by atoms with Gasteiger partial charge in [-0.25, -0.2) is 0 Å². The van der Waals surface area contributed by atoms with Gasteiger partial charge in [0.1, 0.15) is 16.9 Å². The van der Waals surface area contributed by atoms with E-state index in [-0.39, 0.29) is 16.9 Å². The van der Waals surface area contributed by atoms with Gasteiger partial charge in [-0.3, -0.25) is 0 Å². The molecular weight excluding hydrogens is 394 g/mol. The number of hydrogen-bond donors (Lipinski definition) is 0. The summed E-state index contributed by atoms with van der Waals surface area (Å²) in [5, 5.41) is 0. The number of allylic oxidation sites excluding steroid dienone is 1. The Morgan fingerprint density at radius 3 is 2.27 bits per heavy atom. The minimum absolute atomic E-state index is 0.0548. The fourth-order valence-electron chi connectivity index (χ4n) is 3.50. The second-order valence-corrected chi connectivity index (χ2v) is 10.8. The van der Waals surface area contributed by atoms with Gasteiger partial charge in [0, 0.05) is 11.4 Å². The van der Waals surface area contributed by atoms with E-state index >= 15 is 0 Å². The number of hydrogen-bond acceptors (Lipinski definition) is 4. The second-order valence-electron chi connectivity index (χ2n) is 8.61. The van der Waals surface area contributed by atoms with Gasteiger partial charge >= 0.3 is 0 Å². The third kappa shape index (κ3) is 6.61. The first-order chi connectivity index (χ1) is 14.4. The van der Waals surface area contributed by atoms with E-state index in [1.54, 1.807) is 6.26 Å². The lowest BCUT2D eigenvalue weighted by atomic mass is 10.0. The summed E-state index contributed by atoms with van der Waals surface area (Å²) >= 11 is -1.21. The lowest BCUT2D eigenvalue weighted by molar-refractivity contribution is -0.00431. The van der Waals surface area contributed by atoms with Crippen LogP contribution in [0.25, 0.3) is 0 Å². The molecule has 5 heteroatoms. The van der Waals surface area contributed by atoms with E-state index in [4.69, 9.17) is 9.47 Å². The van der Waals surface area contributed by atoms with E-state index in [1.165, 1.54) is 0 Å². The van der Waals surface area contributed by atoms with Gasteiger partial charge in [-0.1, -0.05) is 60.7 Å². The molecule has 0 saturated carbocycles. The fraction of sp³-hybridized carbons (Fsp3) is 0.440. The Labute approximate surface area is 184 Å². The summed E-state index contributed by atoms with van der Waals surface area (Å²) in [6, 6.07) is 20.2. The lowest BCUT2D eigenvalue weighted by Gasteiger charge is -2.40. The molecule has 1 aliphatic rings. The molecule has 0 radical (unpaired) electrons. The molecule has 0 amide bonds. The summed E-state index contributed by atoms with van der Waals surface area (Å²) in [6.07, 6.45) is 5.62. The van der Waals surface area contributed by atoms with Crippen LogP contribution in [0.2, 0.25) is 0 Å². The third-order valence-corrected chi connectivity index (χ3v) is 6.96. The highest BCUT2D eigenvalue weighted by Crippen LogP contribution is 2.29. The van der Waals surface area contributed by atoms with E-state index in [0.29, 0.717) is 19.8 Å². The Morgan fingerprint density at radius 2 is 1.70 bits per heavy atom. The van der Waals surface area contributed by atoms with Crippen LogP contribution in [0.4, 0.5) is 0 Å². The van der Waals surface area contributed by atoms with Crippen LogP contribution in [0.1, 0.15) is 44.7 Å². The Morgan fingerprint density at radius 1 is 1.07 bits per heavy atom. The van der Waals surface area contributed by atoms with Crippen molar-refractivity contribution >= 4 is 11.4 Å². The quantitative estimate of drug-likeness (QED) is 0.514. The summed E-state index contributed by atoms with van der Waals surface area (Å²) in [4.78, 5) is 0. The van der Waals surface area contributed by atoms with Crippen molar-refractivity contribution in [2.45, 2.75) is 63.7 Å². The first-order valence-corrected chi connectivity index (χ1v) is 11.7. The van der Waals surface area contributed by atoms with Crippen molar-refractivity contribution in [1.82, 2.24) is 4.31 Å². The van der Waals surface area contributed by atoms with Crippen LogP contribution in [0.3, 0.4) is 0 Å². The van der Waals surface area contributed by atoms with Crippen molar-refractivity contribution in [1.29, 1.82) is 0 Å². The highest BCUT2D eigenvalue weighted by Gasteiger charge is 2.42. The lowest BCUT2D eigenvalue weighted by Crippen LogP contribution is -2.54. The highest BCUT2D eigenvalue weighted by molar-refractivity contribution is 7.90. The van der Waals surface area contributed by atoms with Crippen molar-refractivity contribution in [2.75, 3.05) is 6.61 Å².